The highest BCUT2D eigenvalue weighted by Gasteiger charge is 2.20. The summed E-state index contributed by atoms with van der Waals surface area (Å²) in [4.78, 5) is 0. The van der Waals surface area contributed by atoms with Gasteiger partial charge in [-0.05, 0) is 49.2 Å². The molecule has 2 aromatic rings. The first kappa shape index (κ1) is 17.1. The van der Waals surface area contributed by atoms with Crippen molar-refractivity contribution in [1.29, 1.82) is 0 Å². The second-order valence-electron chi connectivity index (χ2n) is 5.24. The number of sulfonamides is 1. The van der Waals surface area contributed by atoms with E-state index in [-0.39, 0.29) is 6.54 Å². The number of benzene rings is 2. The third-order valence-electron chi connectivity index (χ3n) is 3.54. The zero-order valence-electron chi connectivity index (χ0n) is 12.6. The normalized spacial score (nSPS) is 11.5. The van der Waals surface area contributed by atoms with Gasteiger partial charge in [-0.25, -0.2) is 8.42 Å². The van der Waals surface area contributed by atoms with Crippen LogP contribution in [0.25, 0.3) is 0 Å². The largest absolute Gasteiger partial charge is 0.266 e. The van der Waals surface area contributed by atoms with Crippen molar-refractivity contribution in [2.45, 2.75) is 20.4 Å². The standard InChI is InChI=1S/C16H17Cl2NO2S/c1-11-7-8-13(9-12(11)2)19(22(3,20)21)10-14-15(17)5-4-6-16(14)18/h4-9H,10H2,1-3H3. The molecule has 0 atom stereocenters. The summed E-state index contributed by atoms with van der Waals surface area (Å²) in [5, 5.41) is 0.898. The van der Waals surface area contributed by atoms with E-state index in [4.69, 9.17) is 23.2 Å². The maximum absolute atomic E-state index is 12.2. The molecule has 0 radical (unpaired) electrons. The van der Waals surface area contributed by atoms with E-state index in [9.17, 15) is 8.42 Å². The number of hydrogen-bond acceptors (Lipinski definition) is 2. The molecule has 0 saturated heterocycles. The summed E-state index contributed by atoms with van der Waals surface area (Å²) in [5.41, 5.74) is 3.32. The van der Waals surface area contributed by atoms with Gasteiger partial charge in [0.2, 0.25) is 10.0 Å². The van der Waals surface area contributed by atoms with E-state index in [1.54, 1.807) is 24.3 Å². The summed E-state index contributed by atoms with van der Waals surface area (Å²) >= 11 is 12.3. The lowest BCUT2D eigenvalue weighted by Gasteiger charge is -2.24. The van der Waals surface area contributed by atoms with Gasteiger partial charge < -0.3 is 0 Å². The molecule has 2 rings (SSSR count). The molecule has 0 aliphatic rings. The van der Waals surface area contributed by atoms with Crippen LogP contribution in [0.3, 0.4) is 0 Å². The van der Waals surface area contributed by atoms with Crippen LogP contribution in [0.15, 0.2) is 36.4 Å². The summed E-state index contributed by atoms with van der Waals surface area (Å²) in [7, 11) is -3.46. The van der Waals surface area contributed by atoms with Crippen LogP contribution in [0, 0.1) is 13.8 Å². The predicted octanol–water partition coefficient (Wildman–Crippen LogP) is 4.58. The van der Waals surface area contributed by atoms with Crippen LogP contribution in [-0.2, 0) is 16.6 Å². The van der Waals surface area contributed by atoms with Crippen molar-refractivity contribution in [3.63, 3.8) is 0 Å². The van der Waals surface area contributed by atoms with Crippen LogP contribution in [0.2, 0.25) is 10.0 Å². The molecule has 0 aromatic heterocycles. The number of rotatable bonds is 4. The molecule has 0 aliphatic heterocycles. The van der Waals surface area contributed by atoms with Gasteiger partial charge in [0.15, 0.2) is 0 Å². The minimum atomic E-state index is -3.46. The van der Waals surface area contributed by atoms with E-state index >= 15 is 0 Å². The molecule has 0 saturated carbocycles. The number of anilines is 1. The Morgan fingerprint density at radius 1 is 1.00 bits per heavy atom. The molecule has 0 N–H and O–H groups in total. The molecule has 0 amide bonds. The van der Waals surface area contributed by atoms with E-state index in [0.717, 1.165) is 11.1 Å². The van der Waals surface area contributed by atoms with Crippen molar-refractivity contribution in [3.05, 3.63) is 63.1 Å². The minimum Gasteiger partial charge on any atom is -0.266 e. The van der Waals surface area contributed by atoms with E-state index in [1.807, 2.05) is 26.0 Å². The summed E-state index contributed by atoms with van der Waals surface area (Å²) in [5.74, 6) is 0. The van der Waals surface area contributed by atoms with E-state index < -0.39 is 10.0 Å². The summed E-state index contributed by atoms with van der Waals surface area (Å²) in [6.45, 7) is 4.02. The van der Waals surface area contributed by atoms with Crippen molar-refractivity contribution in [2.75, 3.05) is 10.6 Å². The topological polar surface area (TPSA) is 37.4 Å². The molecule has 0 heterocycles. The van der Waals surface area contributed by atoms with E-state index in [2.05, 4.69) is 0 Å². The van der Waals surface area contributed by atoms with Gasteiger partial charge >= 0.3 is 0 Å². The molecular formula is C16H17Cl2NO2S. The Kier molecular flexibility index (Phi) is 5.05. The Morgan fingerprint density at radius 3 is 2.09 bits per heavy atom. The Hall–Kier alpha value is -1.23. The van der Waals surface area contributed by atoms with Crippen LogP contribution >= 0.6 is 23.2 Å². The summed E-state index contributed by atoms with van der Waals surface area (Å²) in [6, 6.07) is 10.7. The lowest BCUT2D eigenvalue weighted by atomic mass is 10.1. The fourth-order valence-corrected chi connectivity index (χ4v) is 3.48. The Morgan fingerprint density at radius 2 is 1.59 bits per heavy atom. The molecule has 22 heavy (non-hydrogen) atoms. The third kappa shape index (κ3) is 3.75. The number of halogens is 2. The Labute approximate surface area is 141 Å². The molecule has 0 aliphatic carbocycles. The zero-order valence-corrected chi connectivity index (χ0v) is 14.9. The molecule has 0 fully saturated rings. The van der Waals surface area contributed by atoms with Crippen molar-refractivity contribution in [3.8, 4) is 0 Å². The molecule has 3 nitrogen and oxygen atoms in total. The maximum atomic E-state index is 12.2. The van der Waals surface area contributed by atoms with Crippen molar-refractivity contribution in [2.24, 2.45) is 0 Å². The van der Waals surface area contributed by atoms with Gasteiger partial charge in [-0.3, -0.25) is 4.31 Å². The number of hydrogen-bond donors (Lipinski definition) is 0. The van der Waals surface area contributed by atoms with Gasteiger partial charge in [0, 0.05) is 15.6 Å². The molecule has 118 valence electrons. The third-order valence-corrected chi connectivity index (χ3v) is 5.39. The summed E-state index contributed by atoms with van der Waals surface area (Å²) in [6.07, 6.45) is 1.17. The SMILES string of the molecule is Cc1ccc(N(Cc2c(Cl)cccc2Cl)S(C)(=O)=O)cc1C. The van der Waals surface area contributed by atoms with Gasteiger partial charge in [0.05, 0.1) is 18.5 Å². The van der Waals surface area contributed by atoms with Crippen LogP contribution in [0.1, 0.15) is 16.7 Å². The van der Waals surface area contributed by atoms with Crippen LogP contribution < -0.4 is 4.31 Å². The van der Waals surface area contributed by atoms with E-state index in [1.165, 1.54) is 10.6 Å². The second-order valence-corrected chi connectivity index (χ2v) is 7.96. The second kappa shape index (κ2) is 6.49. The summed E-state index contributed by atoms with van der Waals surface area (Å²) < 4.78 is 25.7. The fraction of sp³-hybridized carbons (Fsp3) is 0.250. The molecule has 0 unspecified atom stereocenters. The highest BCUT2D eigenvalue weighted by Crippen LogP contribution is 2.29. The van der Waals surface area contributed by atoms with Gasteiger partial charge in [0.25, 0.3) is 0 Å². The fourth-order valence-electron chi connectivity index (χ4n) is 2.11. The molecular weight excluding hydrogens is 341 g/mol. The Bertz CT molecular complexity index is 784. The van der Waals surface area contributed by atoms with Gasteiger partial charge in [-0.15, -0.1) is 0 Å². The number of aryl methyl sites for hydroxylation is 2. The average molecular weight is 358 g/mol. The van der Waals surface area contributed by atoms with Gasteiger partial charge in [0.1, 0.15) is 0 Å². The molecule has 0 bridgehead atoms. The minimum absolute atomic E-state index is 0.0971. The monoisotopic (exact) mass is 357 g/mol. The lowest BCUT2D eigenvalue weighted by Crippen LogP contribution is -2.29. The zero-order chi connectivity index (χ0) is 16.5. The maximum Gasteiger partial charge on any atom is 0.232 e. The first-order valence-electron chi connectivity index (χ1n) is 6.68. The number of nitrogens with zero attached hydrogens (tertiary/aromatic N) is 1. The predicted molar refractivity (Wildman–Crippen MR) is 93.4 cm³/mol. The average Bonchev–Trinajstić information content (AvgIpc) is 2.40. The highest BCUT2D eigenvalue weighted by molar-refractivity contribution is 7.92. The Balaban J connectivity index is 2.50. The van der Waals surface area contributed by atoms with Crippen molar-refractivity contribution in [1.82, 2.24) is 0 Å². The highest BCUT2D eigenvalue weighted by atomic mass is 35.5. The molecule has 0 spiro atoms. The van der Waals surface area contributed by atoms with Crippen molar-refractivity contribution >= 4 is 38.9 Å². The molecule has 6 heteroatoms. The van der Waals surface area contributed by atoms with E-state index in [0.29, 0.717) is 21.3 Å². The van der Waals surface area contributed by atoms with Gasteiger partial charge in [-0.1, -0.05) is 35.3 Å². The lowest BCUT2D eigenvalue weighted by molar-refractivity contribution is 0.596. The van der Waals surface area contributed by atoms with Crippen LogP contribution in [0.5, 0.6) is 0 Å². The van der Waals surface area contributed by atoms with Crippen LogP contribution in [0.4, 0.5) is 5.69 Å². The first-order valence-corrected chi connectivity index (χ1v) is 9.28. The quantitative estimate of drug-likeness (QED) is 0.803. The van der Waals surface area contributed by atoms with Gasteiger partial charge in [-0.2, -0.15) is 0 Å². The first-order chi connectivity index (χ1) is 10.2. The smallest absolute Gasteiger partial charge is 0.232 e. The van der Waals surface area contributed by atoms with Crippen molar-refractivity contribution < 1.29 is 8.42 Å². The molecule has 2 aromatic carbocycles. The van der Waals surface area contributed by atoms with Crippen LogP contribution in [-0.4, -0.2) is 14.7 Å².